The first kappa shape index (κ1) is 13.8. The molecule has 8 heteroatoms. The predicted molar refractivity (Wildman–Crippen MR) is 73.6 cm³/mol. The largest absolute Gasteiger partial charge is 0.395 e. The minimum absolute atomic E-state index is 0.103. The number of benzene rings is 1. The quantitative estimate of drug-likeness (QED) is 0.836. The Balaban J connectivity index is 2.44. The maximum absolute atomic E-state index is 13.3. The summed E-state index contributed by atoms with van der Waals surface area (Å²) in [6.07, 6.45) is 1.43. The number of nitrogens with two attached hydrogens (primary N) is 1. The second kappa shape index (κ2) is 5.14. The first-order chi connectivity index (χ1) is 8.92. The Bertz CT molecular complexity index is 722. The van der Waals surface area contributed by atoms with Gasteiger partial charge in [-0.25, -0.2) is 17.8 Å². The first-order valence-corrected chi connectivity index (χ1v) is 7.37. The molecule has 0 saturated heterocycles. The van der Waals surface area contributed by atoms with Crippen molar-refractivity contribution in [3.63, 3.8) is 0 Å². The summed E-state index contributed by atoms with van der Waals surface area (Å²) in [4.78, 5) is 3.54. The van der Waals surface area contributed by atoms with Crippen molar-refractivity contribution in [2.45, 2.75) is 4.90 Å². The summed E-state index contributed by atoms with van der Waals surface area (Å²) in [7, 11) is -4.00. The summed E-state index contributed by atoms with van der Waals surface area (Å²) in [5.41, 5.74) is 5.01. The van der Waals surface area contributed by atoms with E-state index in [2.05, 4.69) is 25.6 Å². The Morgan fingerprint density at radius 3 is 2.68 bits per heavy atom. The Labute approximate surface area is 117 Å². The van der Waals surface area contributed by atoms with E-state index < -0.39 is 21.5 Å². The van der Waals surface area contributed by atoms with Gasteiger partial charge in [-0.05, 0) is 40.2 Å². The maximum Gasteiger partial charge on any atom is 0.265 e. The molecule has 0 unspecified atom stereocenters. The van der Waals surface area contributed by atoms with Gasteiger partial charge in [0, 0.05) is 6.20 Å². The van der Waals surface area contributed by atoms with Crippen molar-refractivity contribution in [3.8, 4) is 0 Å². The van der Waals surface area contributed by atoms with Crippen LogP contribution >= 0.6 is 15.9 Å². The molecule has 1 aromatic carbocycles. The number of hydrogen-bond acceptors (Lipinski definition) is 4. The van der Waals surface area contributed by atoms with Crippen LogP contribution in [-0.2, 0) is 10.0 Å². The van der Waals surface area contributed by atoms with Crippen LogP contribution in [0.3, 0.4) is 0 Å². The SMILES string of the molecule is Nc1c(F)cccc1S(=O)(=O)Nc1ncccc1Br. The van der Waals surface area contributed by atoms with Gasteiger partial charge in [0.25, 0.3) is 10.0 Å². The number of pyridine rings is 1. The summed E-state index contributed by atoms with van der Waals surface area (Å²) in [6, 6.07) is 6.84. The van der Waals surface area contributed by atoms with Gasteiger partial charge in [0.1, 0.15) is 10.7 Å². The molecule has 0 spiro atoms. The molecule has 5 nitrogen and oxygen atoms in total. The minimum Gasteiger partial charge on any atom is -0.395 e. The van der Waals surface area contributed by atoms with E-state index in [9.17, 15) is 12.8 Å². The van der Waals surface area contributed by atoms with Gasteiger partial charge >= 0.3 is 0 Å². The normalized spacial score (nSPS) is 11.3. The van der Waals surface area contributed by atoms with Crippen molar-refractivity contribution in [1.29, 1.82) is 0 Å². The second-order valence-corrected chi connectivity index (χ2v) is 6.10. The van der Waals surface area contributed by atoms with Crippen LogP contribution in [0.2, 0.25) is 0 Å². The van der Waals surface area contributed by atoms with Crippen molar-refractivity contribution in [2.75, 3.05) is 10.5 Å². The highest BCUT2D eigenvalue weighted by Gasteiger charge is 2.20. The lowest BCUT2D eigenvalue weighted by Crippen LogP contribution is -2.16. The zero-order chi connectivity index (χ0) is 14.0. The summed E-state index contributed by atoms with van der Waals surface area (Å²) in [6.45, 7) is 0. The molecule has 0 amide bonds. The van der Waals surface area contributed by atoms with Crippen LogP contribution in [0.5, 0.6) is 0 Å². The molecule has 0 aliphatic rings. The van der Waals surface area contributed by atoms with Crippen molar-refractivity contribution in [1.82, 2.24) is 4.98 Å². The van der Waals surface area contributed by atoms with E-state index in [1.807, 2.05) is 0 Å². The number of aromatic nitrogens is 1. The van der Waals surface area contributed by atoms with Gasteiger partial charge in [0.05, 0.1) is 10.2 Å². The summed E-state index contributed by atoms with van der Waals surface area (Å²) in [5.74, 6) is -0.686. The fourth-order valence-electron chi connectivity index (χ4n) is 1.39. The van der Waals surface area contributed by atoms with Crippen LogP contribution < -0.4 is 10.5 Å². The molecule has 0 bridgehead atoms. The molecule has 1 aromatic heterocycles. The van der Waals surface area contributed by atoms with Crippen LogP contribution in [0.25, 0.3) is 0 Å². The minimum atomic E-state index is -4.00. The molecular weight excluding hydrogens is 337 g/mol. The number of halogens is 2. The van der Waals surface area contributed by atoms with Gasteiger partial charge < -0.3 is 5.73 Å². The molecule has 0 fully saturated rings. The van der Waals surface area contributed by atoms with Gasteiger partial charge in [-0.2, -0.15) is 0 Å². The lowest BCUT2D eigenvalue weighted by molar-refractivity contribution is 0.597. The van der Waals surface area contributed by atoms with E-state index in [1.165, 1.54) is 18.3 Å². The van der Waals surface area contributed by atoms with Crippen LogP contribution in [0, 0.1) is 5.82 Å². The van der Waals surface area contributed by atoms with Crippen LogP contribution in [-0.4, -0.2) is 13.4 Å². The van der Waals surface area contributed by atoms with Crippen LogP contribution in [0.1, 0.15) is 0 Å². The van der Waals surface area contributed by atoms with Crippen LogP contribution in [0.15, 0.2) is 45.9 Å². The first-order valence-electron chi connectivity index (χ1n) is 5.09. The summed E-state index contributed by atoms with van der Waals surface area (Å²) < 4.78 is 40.2. The highest BCUT2D eigenvalue weighted by molar-refractivity contribution is 9.10. The second-order valence-electron chi connectivity index (χ2n) is 3.59. The maximum atomic E-state index is 13.3. The molecule has 0 aliphatic carbocycles. The van der Waals surface area contributed by atoms with E-state index in [0.29, 0.717) is 4.47 Å². The number of anilines is 2. The third kappa shape index (κ3) is 2.85. The fourth-order valence-corrected chi connectivity index (χ4v) is 3.05. The van der Waals surface area contributed by atoms with Crippen molar-refractivity contribution < 1.29 is 12.8 Å². The molecule has 100 valence electrons. The monoisotopic (exact) mass is 345 g/mol. The predicted octanol–water partition coefficient (Wildman–Crippen LogP) is 2.37. The zero-order valence-electron chi connectivity index (χ0n) is 9.47. The number of nitrogen functional groups attached to an aromatic ring is 1. The van der Waals surface area contributed by atoms with Gasteiger partial charge in [-0.15, -0.1) is 0 Å². The van der Waals surface area contributed by atoms with Gasteiger partial charge in [0.15, 0.2) is 5.82 Å². The Morgan fingerprint density at radius 2 is 2.00 bits per heavy atom. The Morgan fingerprint density at radius 1 is 1.26 bits per heavy atom. The number of hydrogen-bond donors (Lipinski definition) is 2. The third-order valence-electron chi connectivity index (χ3n) is 2.29. The van der Waals surface area contributed by atoms with E-state index >= 15 is 0 Å². The Hall–Kier alpha value is -1.67. The van der Waals surface area contributed by atoms with Gasteiger partial charge in [-0.1, -0.05) is 6.07 Å². The number of para-hydroxylation sites is 1. The van der Waals surface area contributed by atoms with E-state index in [-0.39, 0.29) is 10.7 Å². The van der Waals surface area contributed by atoms with Crippen molar-refractivity contribution >= 4 is 37.5 Å². The van der Waals surface area contributed by atoms with Crippen LogP contribution in [0.4, 0.5) is 15.9 Å². The molecule has 2 rings (SSSR count). The van der Waals surface area contributed by atoms with Crippen molar-refractivity contribution in [3.05, 3.63) is 46.8 Å². The number of nitrogens with one attached hydrogen (secondary N) is 1. The number of nitrogens with zero attached hydrogens (tertiary/aromatic N) is 1. The summed E-state index contributed by atoms with van der Waals surface area (Å²) in [5, 5.41) is 0. The van der Waals surface area contributed by atoms with E-state index in [1.54, 1.807) is 12.1 Å². The van der Waals surface area contributed by atoms with Gasteiger partial charge in [0.2, 0.25) is 0 Å². The molecular formula is C11H9BrFN3O2S. The lowest BCUT2D eigenvalue weighted by Gasteiger charge is -2.10. The molecule has 1 heterocycles. The third-order valence-corrected chi connectivity index (χ3v) is 4.33. The lowest BCUT2D eigenvalue weighted by atomic mass is 10.3. The average molecular weight is 346 g/mol. The number of rotatable bonds is 3. The summed E-state index contributed by atoms with van der Waals surface area (Å²) >= 11 is 3.16. The topological polar surface area (TPSA) is 85.1 Å². The fraction of sp³-hybridized carbons (Fsp3) is 0. The molecule has 2 aromatic rings. The van der Waals surface area contributed by atoms with Gasteiger partial charge in [-0.3, -0.25) is 4.72 Å². The number of sulfonamides is 1. The molecule has 0 aliphatic heterocycles. The molecule has 19 heavy (non-hydrogen) atoms. The van der Waals surface area contributed by atoms with E-state index in [4.69, 9.17) is 5.73 Å². The molecule has 0 atom stereocenters. The van der Waals surface area contributed by atoms with E-state index in [0.717, 1.165) is 6.07 Å². The smallest absolute Gasteiger partial charge is 0.265 e. The average Bonchev–Trinajstić information content (AvgIpc) is 2.35. The zero-order valence-corrected chi connectivity index (χ0v) is 11.9. The highest BCUT2D eigenvalue weighted by atomic mass is 79.9. The Kier molecular flexibility index (Phi) is 3.72. The molecule has 0 radical (unpaired) electrons. The molecule has 3 N–H and O–H groups in total. The highest BCUT2D eigenvalue weighted by Crippen LogP contribution is 2.25. The standard InChI is InChI=1S/C11H9BrFN3O2S/c12-7-3-2-6-15-11(7)16-19(17,18)9-5-1-4-8(13)10(9)14/h1-6H,14H2,(H,15,16). The molecule has 0 saturated carbocycles. The van der Waals surface area contributed by atoms with Crippen molar-refractivity contribution in [2.24, 2.45) is 0 Å².